The molecule has 1 aromatic heterocycles. The molecule has 0 saturated carbocycles. The molecule has 0 amide bonds. The number of piperazine rings is 1. The fraction of sp³-hybridized carbons (Fsp3) is 0.200. The molecule has 1 aliphatic rings. The maximum Gasteiger partial charge on any atom is 0.268 e. The van der Waals surface area contributed by atoms with Crippen LogP contribution in [0.3, 0.4) is 0 Å². The van der Waals surface area contributed by atoms with Crippen molar-refractivity contribution in [3.63, 3.8) is 0 Å². The van der Waals surface area contributed by atoms with E-state index in [1.807, 2.05) is 6.07 Å². The fourth-order valence-electron chi connectivity index (χ4n) is 3.32. The highest BCUT2D eigenvalue weighted by atomic mass is 32.2. The molecular weight excluding hydrogens is 365 g/mol. The van der Waals surface area contributed by atoms with Crippen molar-refractivity contribution >= 4 is 15.7 Å². The Kier molecular flexibility index (Phi) is 4.72. The highest BCUT2D eigenvalue weighted by Crippen LogP contribution is 2.27. The number of hydrogen-bond donors (Lipinski definition) is 1. The molecule has 0 radical (unpaired) electrons. The van der Waals surface area contributed by atoms with Crippen LogP contribution in [-0.2, 0) is 10.0 Å². The van der Waals surface area contributed by atoms with Crippen molar-refractivity contribution in [2.75, 3.05) is 31.1 Å². The smallest absolute Gasteiger partial charge is 0.268 e. The van der Waals surface area contributed by atoms with Crippen molar-refractivity contribution < 1.29 is 12.8 Å². The van der Waals surface area contributed by atoms with Gasteiger partial charge in [0.25, 0.3) is 10.0 Å². The second-order valence-electron chi connectivity index (χ2n) is 6.44. The summed E-state index contributed by atoms with van der Waals surface area (Å²) >= 11 is 0. The molecule has 5 nitrogen and oxygen atoms in total. The third-order valence-electron chi connectivity index (χ3n) is 4.69. The van der Waals surface area contributed by atoms with Gasteiger partial charge in [0, 0.05) is 43.6 Å². The third kappa shape index (κ3) is 3.48. The third-order valence-corrected chi connectivity index (χ3v) is 6.38. The molecule has 7 heteroatoms. The average Bonchev–Trinajstić information content (AvgIpc) is 3.20. The van der Waals surface area contributed by atoms with Gasteiger partial charge in [0.05, 0.1) is 10.6 Å². The number of benzene rings is 2. The van der Waals surface area contributed by atoms with Gasteiger partial charge in [0.2, 0.25) is 0 Å². The van der Waals surface area contributed by atoms with Crippen molar-refractivity contribution in [3.05, 3.63) is 72.7 Å². The molecule has 4 rings (SSSR count). The highest BCUT2D eigenvalue weighted by Gasteiger charge is 2.21. The molecule has 1 aliphatic heterocycles. The number of halogens is 1. The molecule has 1 N–H and O–H groups in total. The zero-order valence-electron chi connectivity index (χ0n) is 14.7. The summed E-state index contributed by atoms with van der Waals surface area (Å²) in [7, 11) is -3.80. The van der Waals surface area contributed by atoms with Gasteiger partial charge in [-0.3, -0.25) is 0 Å². The first-order valence-corrected chi connectivity index (χ1v) is 10.2. The lowest BCUT2D eigenvalue weighted by atomic mass is 10.1. The zero-order chi connectivity index (χ0) is 18.9. The van der Waals surface area contributed by atoms with Gasteiger partial charge < -0.3 is 10.2 Å². The molecule has 0 atom stereocenters. The average molecular weight is 385 g/mol. The monoisotopic (exact) mass is 385 g/mol. The highest BCUT2D eigenvalue weighted by molar-refractivity contribution is 7.90. The quantitative estimate of drug-likeness (QED) is 0.750. The fourth-order valence-corrected chi connectivity index (χ4v) is 4.73. The lowest BCUT2D eigenvalue weighted by Gasteiger charge is -2.29. The van der Waals surface area contributed by atoms with E-state index in [1.54, 1.807) is 42.5 Å². The predicted octanol–water partition coefficient (Wildman–Crippen LogP) is 2.94. The summed E-state index contributed by atoms with van der Waals surface area (Å²) in [5, 5.41) is 3.29. The lowest BCUT2D eigenvalue weighted by Crippen LogP contribution is -2.43. The van der Waals surface area contributed by atoms with Gasteiger partial charge >= 0.3 is 0 Å². The van der Waals surface area contributed by atoms with Crippen molar-refractivity contribution in [1.29, 1.82) is 0 Å². The number of nitrogens with zero attached hydrogens (tertiary/aromatic N) is 2. The minimum absolute atomic E-state index is 0.215. The van der Waals surface area contributed by atoms with Gasteiger partial charge in [-0.05, 0) is 42.5 Å². The Bertz CT molecular complexity index is 1060. The minimum atomic E-state index is -3.80. The van der Waals surface area contributed by atoms with Gasteiger partial charge in [-0.25, -0.2) is 16.8 Å². The molecular formula is C20H20FN3O2S. The van der Waals surface area contributed by atoms with Crippen LogP contribution < -0.4 is 10.2 Å². The van der Waals surface area contributed by atoms with E-state index in [4.69, 9.17) is 0 Å². The first kappa shape index (κ1) is 17.8. The van der Waals surface area contributed by atoms with E-state index in [1.165, 1.54) is 22.3 Å². The van der Waals surface area contributed by atoms with E-state index < -0.39 is 15.8 Å². The lowest BCUT2D eigenvalue weighted by molar-refractivity contribution is 0.584. The van der Waals surface area contributed by atoms with E-state index >= 15 is 0 Å². The van der Waals surface area contributed by atoms with Crippen LogP contribution >= 0.6 is 0 Å². The number of rotatable bonds is 4. The molecule has 1 saturated heterocycles. The van der Waals surface area contributed by atoms with Crippen LogP contribution in [0.15, 0.2) is 71.8 Å². The van der Waals surface area contributed by atoms with E-state index in [0.717, 1.165) is 31.9 Å². The summed E-state index contributed by atoms with van der Waals surface area (Å²) in [6, 6.07) is 16.2. The van der Waals surface area contributed by atoms with E-state index in [0.29, 0.717) is 11.3 Å². The van der Waals surface area contributed by atoms with Crippen LogP contribution in [0.2, 0.25) is 0 Å². The SMILES string of the molecule is O=S(=O)(c1cccc(N2CCNCC2)c1)n1cccc1-c1cccc(F)c1. The zero-order valence-corrected chi connectivity index (χ0v) is 15.5. The molecule has 0 bridgehead atoms. The first-order chi connectivity index (χ1) is 13.1. The van der Waals surface area contributed by atoms with Crippen LogP contribution in [0.4, 0.5) is 10.1 Å². The van der Waals surface area contributed by atoms with Crippen molar-refractivity contribution in [3.8, 4) is 11.3 Å². The van der Waals surface area contributed by atoms with Crippen LogP contribution in [0, 0.1) is 5.82 Å². The topological polar surface area (TPSA) is 54.3 Å². The molecule has 0 spiro atoms. The Balaban J connectivity index is 1.74. The normalized spacial score (nSPS) is 15.1. The maximum absolute atomic E-state index is 13.6. The van der Waals surface area contributed by atoms with E-state index in [9.17, 15) is 12.8 Å². The number of aromatic nitrogens is 1. The number of hydrogen-bond acceptors (Lipinski definition) is 4. The molecule has 0 unspecified atom stereocenters. The summed E-state index contributed by atoms with van der Waals surface area (Å²) in [6.07, 6.45) is 1.49. The summed E-state index contributed by atoms with van der Waals surface area (Å²) in [5.74, 6) is -0.404. The summed E-state index contributed by atoms with van der Waals surface area (Å²) in [6.45, 7) is 3.42. The second-order valence-corrected chi connectivity index (χ2v) is 8.25. The Morgan fingerprint density at radius 2 is 1.70 bits per heavy atom. The van der Waals surface area contributed by atoms with E-state index in [2.05, 4.69) is 10.2 Å². The van der Waals surface area contributed by atoms with Gasteiger partial charge in [-0.1, -0.05) is 18.2 Å². The second kappa shape index (κ2) is 7.17. The predicted molar refractivity (Wildman–Crippen MR) is 104 cm³/mol. The maximum atomic E-state index is 13.6. The Labute approximate surface area is 158 Å². The van der Waals surface area contributed by atoms with Crippen molar-refractivity contribution in [1.82, 2.24) is 9.29 Å². The van der Waals surface area contributed by atoms with Crippen LogP contribution in [0.5, 0.6) is 0 Å². The molecule has 27 heavy (non-hydrogen) atoms. The minimum Gasteiger partial charge on any atom is -0.369 e. The standard InChI is InChI=1S/C20H20FN3O2S/c21-17-5-1-4-16(14-17)20-8-3-11-24(20)27(25,26)19-7-2-6-18(15-19)23-12-9-22-10-13-23/h1-8,11,14-15,22H,9-10,12-13H2. The van der Waals surface area contributed by atoms with Gasteiger partial charge in [-0.2, -0.15) is 0 Å². The largest absolute Gasteiger partial charge is 0.369 e. The summed E-state index contributed by atoms with van der Waals surface area (Å²) in [4.78, 5) is 2.38. The van der Waals surface area contributed by atoms with Gasteiger partial charge in [-0.15, -0.1) is 0 Å². The summed E-state index contributed by atoms with van der Waals surface area (Å²) < 4.78 is 41.3. The molecule has 2 aromatic carbocycles. The van der Waals surface area contributed by atoms with Crippen LogP contribution in [0.1, 0.15) is 0 Å². The van der Waals surface area contributed by atoms with Crippen LogP contribution in [0.25, 0.3) is 11.3 Å². The Hall–Kier alpha value is -2.64. The molecule has 140 valence electrons. The first-order valence-electron chi connectivity index (χ1n) is 8.80. The number of nitrogens with one attached hydrogen (secondary N) is 1. The van der Waals surface area contributed by atoms with Crippen molar-refractivity contribution in [2.24, 2.45) is 0 Å². The van der Waals surface area contributed by atoms with Crippen LogP contribution in [-0.4, -0.2) is 38.6 Å². The number of anilines is 1. The van der Waals surface area contributed by atoms with Gasteiger partial charge in [0.15, 0.2) is 0 Å². The Morgan fingerprint density at radius 1 is 0.926 bits per heavy atom. The Morgan fingerprint density at radius 3 is 2.48 bits per heavy atom. The summed E-state index contributed by atoms with van der Waals surface area (Å²) in [5.41, 5.74) is 1.83. The molecule has 1 fully saturated rings. The molecule has 0 aliphatic carbocycles. The molecule has 2 heterocycles. The molecule has 3 aromatic rings. The van der Waals surface area contributed by atoms with E-state index in [-0.39, 0.29) is 4.90 Å². The van der Waals surface area contributed by atoms with Gasteiger partial charge in [0.1, 0.15) is 5.82 Å². The van der Waals surface area contributed by atoms with Crippen molar-refractivity contribution in [2.45, 2.75) is 4.90 Å².